The number of nitrogens with zero attached hydrogens (tertiary/aromatic N) is 2. The van der Waals surface area contributed by atoms with Crippen LogP contribution in [0.4, 0.5) is 5.69 Å². The van der Waals surface area contributed by atoms with Gasteiger partial charge in [-0.25, -0.2) is 8.42 Å². The van der Waals surface area contributed by atoms with Crippen molar-refractivity contribution in [2.24, 2.45) is 5.92 Å². The van der Waals surface area contributed by atoms with E-state index in [1.54, 1.807) is 36.4 Å². The number of benzene rings is 3. The molecule has 3 aromatic carbocycles. The molecule has 0 spiro atoms. The normalized spacial score (nSPS) is 14.7. The quantitative estimate of drug-likeness (QED) is 0.483. The molecule has 0 aliphatic carbocycles. The Hall–Kier alpha value is -3.12. The molecular weight excluding hydrogens is 444 g/mol. The number of rotatable bonds is 7. The van der Waals surface area contributed by atoms with Gasteiger partial charge in [0.1, 0.15) is 6.54 Å². The summed E-state index contributed by atoms with van der Waals surface area (Å²) in [6.45, 7) is 4.97. The summed E-state index contributed by atoms with van der Waals surface area (Å²) >= 11 is 0. The van der Waals surface area contributed by atoms with E-state index in [0.717, 1.165) is 30.4 Å². The number of piperidine rings is 1. The zero-order valence-corrected chi connectivity index (χ0v) is 20.7. The van der Waals surface area contributed by atoms with Gasteiger partial charge < -0.3 is 4.90 Å². The second-order valence-electron chi connectivity index (χ2n) is 9.17. The molecule has 1 aliphatic heterocycles. The highest BCUT2D eigenvalue weighted by molar-refractivity contribution is 7.92. The molecule has 4 rings (SSSR count). The first-order valence-corrected chi connectivity index (χ1v) is 13.2. The SMILES string of the molecule is Cc1ccc(N(CC(=O)N2CCC(Cc3ccccc3)CC2)S(=O)(=O)c2ccc(C)cc2)cc1. The van der Waals surface area contributed by atoms with E-state index in [-0.39, 0.29) is 17.3 Å². The van der Waals surface area contributed by atoms with E-state index in [1.807, 2.05) is 36.9 Å². The molecule has 1 fully saturated rings. The Bertz CT molecular complexity index is 1200. The van der Waals surface area contributed by atoms with E-state index in [4.69, 9.17) is 0 Å². The fourth-order valence-corrected chi connectivity index (χ4v) is 5.83. The third kappa shape index (κ3) is 5.68. The summed E-state index contributed by atoms with van der Waals surface area (Å²) in [7, 11) is -3.88. The van der Waals surface area contributed by atoms with Gasteiger partial charge in [0.05, 0.1) is 10.6 Å². The van der Waals surface area contributed by atoms with Crippen LogP contribution in [-0.4, -0.2) is 38.9 Å². The maximum Gasteiger partial charge on any atom is 0.264 e. The number of anilines is 1. The lowest BCUT2D eigenvalue weighted by Crippen LogP contribution is -2.46. The highest BCUT2D eigenvalue weighted by Crippen LogP contribution is 2.26. The maximum atomic E-state index is 13.6. The van der Waals surface area contributed by atoms with Crippen LogP contribution >= 0.6 is 0 Å². The van der Waals surface area contributed by atoms with Crippen LogP contribution in [-0.2, 0) is 21.2 Å². The third-order valence-electron chi connectivity index (χ3n) is 6.54. The topological polar surface area (TPSA) is 57.7 Å². The molecule has 5 nitrogen and oxygen atoms in total. The van der Waals surface area contributed by atoms with Crippen molar-refractivity contribution in [3.63, 3.8) is 0 Å². The summed E-state index contributed by atoms with van der Waals surface area (Å²) in [6.07, 6.45) is 2.87. The molecule has 178 valence electrons. The summed E-state index contributed by atoms with van der Waals surface area (Å²) in [6, 6.07) is 24.5. The molecule has 6 heteroatoms. The highest BCUT2D eigenvalue weighted by Gasteiger charge is 2.30. The largest absolute Gasteiger partial charge is 0.341 e. The van der Waals surface area contributed by atoms with Gasteiger partial charge in [-0.2, -0.15) is 0 Å². The molecule has 0 bridgehead atoms. The van der Waals surface area contributed by atoms with Crippen LogP contribution in [0.25, 0.3) is 0 Å². The van der Waals surface area contributed by atoms with Crippen molar-refractivity contribution < 1.29 is 13.2 Å². The standard InChI is InChI=1S/C28H32N2O3S/c1-22-8-12-26(13-9-22)30(34(32,33)27-14-10-23(2)11-15-27)21-28(31)29-18-16-25(17-19-29)20-24-6-4-3-5-7-24/h3-15,25H,16-21H2,1-2H3. The molecule has 0 N–H and O–H groups in total. The van der Waals surface area contributed by atoms with Gasteiger partial charge in [0.15, 0.2) is 0 Å². The van der Waals surface area contributed by atoms with E-state index in [0.29, 0.717) is 24.7 Å². The Labute approximate surface area is 203 Å². The molecule has 3 aromatic rings. The Morgan fingerprint density at radius 2 is 1.41 bits per heavy atom. The van der Waals surface area contributed by atoms with Crippen molar-refractivity contribution in [2.75, 3.05) is 23.9 Å². The first-order valence-electron chi connectivity index (χ1n) is 11.8. The molecule has 0 atom stereocenters. The molecule has 1 aliphatic rings. The molecule has 0 radical (unpaired) electrons. The maximum absolute atomic E-state index is 13.6. The number of sulfonamides is 1. The number of amides is 1. The van der Waals surface area contributed by atoms with Gasteiger partial charge in [0.25, 0.3) is 10.0 Å². The fourth-order valence-electron chi connectivity index (χ4n) is 4.42. The van der Waals surface area contributed by atoms with Crippen LogP contribution < -0.4 is 4.31 Å². The van der Waals surface area contributed by atoms with Crippen molar-refractivity contribution >= 4 is 21.6 Å². The van der Waals surface area contributed by atoms with Gasteiger partial charge in [-0.05, 0) is 68.9 Å². The van der Waals surface area contributed by atoms with Gasteiger partial charge in [0, 0.05) is 13.1 Å². The van der Waals surface area contributed by atoms with Crippen LogP contribution in [0, 0.1) is 19.8 Å². The summed E-state index contributed by atoms with van der Waals surface area (Å²) in [5.41, 5.74) is 3.83. The van der Waals surface area contributed by atoms with Crippen LogP contribution in [0.15, 0.2) is 83.8 Å². The average molecular weight is 477 g/mol. The van der Waals surface area contributed by atoms with Crippen molar-refractivity contribution in [1.82, 2.24) is 4.90 Å². The van der Waals surface area contributed by atoms with Gasteiger partial charge in [-0.3, -0.25) is 9.10 Å². The fraction of sp³-hybridized carbons (Fsp3) is 0.321. The van der Waals surface area contributed by atoms with Crippen LogP contribution in [0.3, 0.4) is 0 Å². The van der Waals surface area contributed by atoms with Crippen molar-refractivity contribution in [2.45, 2.75) is 38.0 Å². The first kappa shape index (κ1) is 24.0. The van der Waals surface area contributed by atoms with E-state index in [9.17, 15) is 13.2 Å². The number of carbonyl (C=O) groups is 1. The molecule has 0 saturated carbocycles. The predicted octanol–water partition coefficient (Wildman–Crippen LogP) is 4.98. The number of hydrogen-bond acceptors (Lipinski definition) is 3. The molecule has 0 unspecified atom stereocenters. The second-order valence-corrected chi connectivity index (χ2v) is 11.0. The van der Waals surface area contributed by atoms with E-state index < -0.39 is 10.0 Å². The minimum atomic E-state index is -3.88. The summed E-state index contributed by atoms with van der Waals surface area (Å²) in [4.78, 5) is 15.3. The van der Waals surface area contributed by atoms with E-state index in [2.05, 4.69) is 24.3 Å². The number of hydrogen-bond donors (Lipinski definition) is 0. The lowest BCUT2D eigenvalue weighted by atomic mass is 9.90. The van der Waals surface area contributed by atoms with Crippen LogP contribution in [0.2, 0.25) is 0 Å². The summed E-state index contributed by atoms with van der Waals surface area (Å²) in [5.74, 6) is 0.380. The van der Waals surface area contributed by atoms with Gasteiger partial charge in [-0.15, -0.1) is 0 Å². The van der Waals surface area contributed by atoms with Crippen molar-refractivity contribution in [3.05, 3.63) is 95.6 Å². The van der Waals surface area contributed by atoms with Crippen LogP contribution in [0.1, 0.15) is 29.5 Å². The minimum absolute atomic E-state index is 0.158. The van der Waals surface area contributed by atoms with Gasteiger partial charge in [-0.1, -0.05) is 65.7 Å². The first-order chi connectivity index (χ1) is 16.3. The Morgan fingerprint density at radius 3 is 2.00 bits per heavy atom. The number of aryl methyl sites for hydroxylation is 2. The van der Waals surface area contributed by atoms with E-state index >= 15 is 0 Å². The van der Waals surface area contributed by atoms with Crippen molar-refractivity contribution in [1.29, 1.82) is 0 Å². The van der Waals surface area contributed by atoms with Gasteiger partial charge >= 0.3 is 0 Å². The van der Waals surface area contributed by atoms with Crippen molar-refractivity contribution in [3.8, 4) is 0 Å². The monoisotopic (exact) mass is 476 g/mol. The minimum Gasteiger partial charge on any atom is -0.341 e. The Balaban J connectivity index is 1.48. The summed E-state index contributed by atoms with van der Waals surface area (Å²) < 4.78 is 28.4. The zero-order valence-electron chi connectivity index (χ0n) is 19.9. The van der Waals surface area contributed by atoms with Gasteiger partial charge in [0.2, 0.25) is 5.91 Å². The second kappa shape index (κ2) is 10.4. The molecule has 34 heavy (non-hydrogen) atoms. The lowest BCUT2D eigenvalue weighted by Gasteiger charge is -2.34. The average Bonchev–Trinajstić information content (AvgIpc) is 2.84. The van der Waals surface area contributed by atoms with E-state index in [1.165, 1.54) is 9.87 Å². The number of likely N-dealkylation sites (tertiary alicyclic amines) is 1. The predicted molar refractivity (Wildman–Crippen MR) is 136 cm³/mol. The smallest absolute Gasteiger partial charge is 0.264 e. The molecule has 1 saturated heterocycles. The molecule has 1 amide bonds. The lowest BCUT2D eigenvalue weighted by molar-refractivity contribution is -0.130. The molecule has 0 aromatic heterocycles. The van der Waals surface area contributed by atoms with Crippen LogP contribution in [0.5, 0.6) is 0 Å². The molecular formula is C28H32N2O3S. The zero-order chi connectivity index (χ0) is 24.1. The summed E-state index contributed by atoms with van der Waals surface area (Å²) in [5, 5.41) is 0. The number of carbonyl (C=O) groups excluding carboxylic acids is 1. The third-order valence-corrected chi connectivity index (χ3v) is 8.33. The Morgan fingerprint density at radius 1 is 0.853 bits per heavy atom. The Kier molecular flexibility index (Phi) is 7.37. The highest BCUT2D eigenvalue weighted by atomic mass is 32.2. The molecule has 1 heterocycles.